The van der Waals surface area contributed by atoms with Crippen molar-refractivity contribution in [3.05, 3.63) is 0 Å². The number of nitrogens with one attached hydrogen (secondary N) is 2. The molecule has 2 amide bonds. The van der Waals surface area contributed by atoms with E-state index in [4.69, 9.17) is 0 Å². The molecule has 0 fully saturated rings. The third-order valence-corrected chi connectivity index (χ3v) is 3.53. The molecule has 118 valence electrons. The molecule has 0 aromatic carbocycles. The zero-order valence-corrected chi connectivity index (χ0v) is 11.8. The summed E-state index contributed by atoms with van der Waals surface area (Å²) >= 11 is 0. The van der Waals surface area contributed by atoms with Gasteiger partial charge in [-0.15, -0.1) is 0 Å². The highest BCUT2D eigenvalue weighted by molar-refractivity contribution is 6.35. The van der Waals surface area contributed by atoms with Crippen LogP contribution in [0.3, 0.4) is 0 Å². The minimum atomic E-state index is -1.28. The van der Waals surface area contributed by atoms with E-state index in [2.05, 4.69) is 10.6 Å². The Kier molecular flexibility index (Phi) is 7.66. The summed E-state index contributed by atoms with van der Waals surface area (Å²) < 4.78 is 0. The Balaban J connectivity index is 4.83. The average Bonchev–Trinajstić information content (AvgIpc) is 2.50. The molecule has 0 atom stereocenters. The molecule has 0 rings (SSSR count). The molecule has 0 saturated heterocycles. The molecule has 0 saturated carbocycles. The molecular weight excluding hydrogens is 268 g/mol. The van der Waals surface area contributed by atoms with Crippen LogP contribution in [-0.2, 0) is 9.59 Å². The van der Waals surface area contributed by atoms with Gasteiger partial charge in [0.1, 0.15) is 0 Å². The maximum Gasteiger partial charge on any atom is 0.309 e. The lowest BCUT2D eigenvalue weighted by atomic mass is 9.97. The first-order valence-electron chi connectivity index (χ1n) is 6.46. The molecule has 0 radical (unpaired) electrons. The summed E-state index contributed by atoms with van der Waals surface area (Å²) in [6.07, 6.45) is 0.468. The Bertz CT molecular complexity index is 277. The molecule has 0 aliphatic heterocycles. The Morgan fingerprint density at radius 2 is 1.00 bits per heavy atom. The van der Waals surface area contributed by atoms with E-state index in [0.29, 0.717) is 0 Å². The summed E-state index contributed by atoms with van der Waals surface area (Å²) in [5.41, 5.74) is -2.55. The largest absolute Gasteiger partial charge is 0.394 e. The van der Waals surface area contributed by atoms with Crippen molar-refractivity contribution in [2.45, 2.75) is 37.8 Å². The lowest BCUT2D eigenvalue weighted by molar-refractivity contribution is -0.143. The minimum Gasteiger partial charge on any atom is -0.394 e. The highest BCUT2D eigenvalue weighted by atomic mass is 16.3. The first kappa shape index (κ1) is 18.8. The van der Waals surface area contributed by atoms with Crippen molar-refractivity contribution in [3.8, 4) is 0 Å². The number of aliphatic hydroxyl groups is 4. The van der Waals surface area contributed by atoms with Gasteiger partial charge in [-0.2, -0.15) is 0 Å². The lowest BCUT2D eigenvalue weighted by Crippen LogP contribution is -2.61. The molecule has 0 aliphatic rings. The number of amides is 2. The molecule has 0 aromatic rings. The molecule has 8 heteroatoms. The van der Waals surface area contributed by atoms with Crippen molar-refractivity contribution in [2.75, 3.05) is 26.4 Å². The Morgan fingerprint density at radius 3 is 1.15 bits per heavy atom. The zero-order valence-electron chi connectivity index (χ0n) is 11.8. The minimum absolute atomic E-state index is 0.234. The Hall–Kier alpha value is -1.22. The van der Waals surface area contributed by atoms with Crippen LogP contribution in [0.2, 0.25) is 0 Å². The highest BCUT2D eigenvalue weighted by Gasteiger charge is 2.35. The van der Waals surface area contributed by atoms with Gasteiger partial charge >= 0.3 is 11.8 Å². The van der Waals surface area contributed by atoms with Gasteiger partial charge in [0.25, 0.3) is 0 Å². The predicted octanol–water partition coefficient (Wildman–Crippen LogP) is -2.51. The van der Waals surface area contributed by atoms with Crippen LogP contribution in [0.4, 0.5) is 0 Å². The van der Waals surface area contributed by atoms with E-state index in [1.165, 1.54) is 0 Å². The van der Waals surface area contributed by atoms with Crippen molar-refractivity contribution in [1.82, 2.24) is 10.6 Å². The third kappa shape index (κ3) is 4.41. The molecule has 6 N–H and O–H groups in total. The highest BCUT2D eigenvalue weighted by Crippen LogP contribution is 2.10. The van der Waals surface area contributed by atoms with Crippen LogP contribution in [0.15, 0.2) is 0 Å². The van der Waals surface area contributed by atoms with E-state index in [1.807, 2.05) is 0 Å². The number of carbonyl (C=O) groups is 2. The Morgan fingerprint density at radius 1 is 0.750 bits per heavy atom. The second kappa shape index (κ2) is 8.15. The molecule has 0 aromatic heterocycles. The number of aliphatic hydroxyl groups excluding tert-OH is 4. The van der Waals surface area contributed by atoms with Crippen LogP contribution < -0.4 is 10.6 Å². The normalized spacial score (nSPS) is 12.1. The fourth-order valence-electron chi connectivity index (χ4n) is 1.48. The number of rotatable bonds is 8. The van der Waals surface area contributed by atoms with Gasteiger partial charge in [0.2, 0.25) is 0 Å². The van der Waals surface area contributed by atoms with Crippen molar-refractivity contribution in [1.29, 1.82) is 0 Å². The monoisotopic (exact) mass is 292 g/mol. The number of hydrogen-bond donors (Lipinski definition) is 6. The van der Waals surface area contributed by atoms with Crippen LogP contribution in [0.5, 0.6) is 0 Å². The maximum absolute atomic E-state index is 11.8. The second-order valence-electron chi connectivity index (χ2n) is 4.81. The van der Waals surface area contributed by atoms with E-state index in [1.54, 1.807) is 13.8 Å². The van der Waals surface area contributed by atoms with Crippen molar-refractivity contribution < 1.29 is 30.0 Å². The zero-order chi connectivity index (χ0) is 15.8. The van der Waals surface area contributed by atoms with Gasteiger partial charge in [-0.25, -0.2) is 0 Å². The molecule has 0 heterocycles. The van der Waals surface area contributed by atoms with Gasteiger partial charge in [-0.3, -0.25) is 9.59 Å². The molecular formula is C12H24N2O6. The van der Waals surface area contributed by atoms with Crippen LogP contribution in [0.1, 0.15) is 26.7 Å². The predicted molar refractivity (Wildman–Crippen MR) is 70.7 cm³/mol. The molecule has 0 aliphatic carbocycles. The summed E-state index contributed by atoms with van der Waals surface area (Å²) in [4.78, 5) is 23.5. The standard InChI is InChI=1S/C12H24N2O6/c1-3-11(5-15,6-16)13-9(19)10(20)14-12(4-2,7-17)8-18/h15-18H,3-8H2,1-2H3,(H,13,19)(H,14,20). The summed E-state index contributed by atoms with van der Waals surface area (Å²) in [6, 6.07) is 0. The van der Waals surface area contributed by atoms with E-state index >= 15 is 0 Å². The number of carbonyl (C=O) groups excluding carboxylic acids is 2. The van der Waals surface area contributed by atoms with Gasteiger partial charge in [0.05, 0.1) is 37.5 Å². The first-order chi connectivity index (χ1) is 9.38. The fourth-order valence-corrected chi connectivity index (χ4v) is 1.48. The lowest BCUT2D eigenvalue weighted by Gasteiger charge is -2.32. The average molecular weight is 292 g/mol. The van der Waals surface area contributed by atoms with Gasteiger partial charge in [0.15, 0.2) is 0 Å². The van der Waals surface area contributed by atoms with Crippen LogP contribution in [-0.4, -0.2) is 69.7 Å². The SMILES string of the molecule is CCC(CO)(CO)NC(=O)C(=O)NC(CC)(CO)CO. The third-order valence-electron chi connectivity index (χ3n) is 3.53. The first-order valence-corrected chi connectivity index (χ1v) is 6.46. The fraction of sp³-hybridized carbons (Fsp3) is 0.833. The van der Waals surface area contributed by atoms with Crippen LogP contribution in [0, 0.1) is 0 Å². The maximum atomic E-state index is 11.8. The van der Waals surface area contributed by atoms with Crippen LogP contribution in [0.25, 0.3) is 0 Å². The van der Waals surface area contributed by atoms with Gasteiger partial charge in [-0.05, 0) is 12.8 Å². The van der Waals surface area contributed by atoms with Gasteiger partial charge in [-0.1, -0.05) is 13.8 Å². The summed E-state index contributed by atoms with van der Waals surface area (Å²) in [5, 5.41) is 41.3. The quantitative estimate of drug-likeness (QED) is 0.273. The summed E-state index contributed by atoms with van der Waals surface area (Å²) in [7, 11) is 0. The topological polar surface area (TPSA) is 139 Å². The molecule has 0 unspecified atom stereocenters. The van der Waals surface area contributed by atoms with Crippen molar-refractivity contribution in [3.63, 3.8) is 0 Å². The smallest absolute Gasteiger partial charge is 0.309 e. The van der Waals surface area contributed by atoms with E-state index in [0.717, 1.165) is 0 Å². The Labute approximate surface area is 117 Å². The molecule has 8 nitrogen and oxygen atoms in total. The molecule has 0 spiro atoms. The van der Waals surface area contributed by atoms with E-state index in [-0.39, 0.29) is 12.8 Å². The molecule has 0 bridgehead atoms. The number of hydrogen-bond acceptors (Lipinski definition) is 6. The van der Waals surface area contributed by atoms with Crippen LogP contribution >= 0.6 is 0 Å². The summed E-state index contributed by atoms with van der Waals surface area (Å²) in [5.74, 6) is -2.09. The summed E-state index contributed by atoms with van der Waals surface area (Å²) in [6.45, 7) is 1.22. The van der Waals surface area contributed by atoms with Crippen molar-refractivity contribution >= 4 is 11.8 Å². The second-order valence-corrected chi connectivity index (χ2v) is 4.81. The van der Waals surface area contributed by atoms with E-state index < -0.39 is 49.3 Å². The van der Waals surface area contributed by atoms with Gasteiger partial charge < -0.3 is 31.1 Å². The molecule has 20 heavy (non-hydrogen) atoms. The van der Waals surface area contributed by atoms with Crippen molar-refractivity contribution in [2.24, 2.45) is 0 Å². The van der Waals surface area contributed by atoms with Gasteiger partial charge in [0, 0.05) is 0 Å². The van der Waals surface area contributed by atoms with E-state index in [9.17, 15) is 30.0 Å².